The number of Topliss-reactive ketones (excluding diaryl/α,β-unsaturated/α-hetero) is 1. The van der Waals surface area contributed by atoms with E-state index in [9.17, 15) is 9.59 Å². The van der Waals surface area contributed by atoms with Gasteiger partial charge in [0.1, 0.15) is 12.4 Å². The van der Waals surface area contributed by atoms with Crippen LogP contribution >= 0.6 is 0 Å². The lowest BCUT2D eigenvalue weighted by atomic mass is 9.82. The van der Waals surface area contributed by atoms with E-state index in [1.54, 1.807) is 0 Å². The summed E-state index contributed by atoms with van der Waals surface area (Å²) < 4.78 is 5.36. The molecule has 1 aromatic rings. The molecule has 0 aliphatic heterocycles. The summed E-state index contributed by atoms with van der Waals surface area (Å²) in [6.07, 6.45) is 14.5. The van der Waals surface area contributed by atoms with E-state index in [1.807, 2.05) is 26.8 Å². The molecule has 2 fully saturated rings. The van der Waals surface area contributed by atoms with E-state index in [0.717, 1.165) is 32.1 Å². The van der Waals surface area contributed by atoms with Crippen molar-refractivity contribution in [3.8, 4) is 0 Å². The molecule has 0 atom stereocenters. The van der Waals surface area contributed by atoms with Crippen molar-refractivity contribution in [2.45, 2.75) is 117 Å². The molecule has 1 aromatic carbocycles. The van der Waals surface area contributed by atoms with Crippen LogP contribution in [0.3, 0.4) is 0 Å². The van der Waals surface area contributed by atoms with E-state index in [4.69, 9.17) is 4.74 Å². The Balaban J connectivity index is 0.000000351. The Labute approximate surface area is 178 Å². The van der Waals surface area contributed by atoms with Crippen molar-refractivity contribution < 1.29 is 14.3 Å². The first-order valence-corrected chi connectivity index (χ1v) is 12.0. The smallest absolute Gasteiger partial charge is 0.306 e. The Morgan fingerprint density at radius 3 is 2.14 bits per heavy atom. The van der Waals surface area contributed by atoms with Crippen LogP contribution in [-0.2, 0) is 20.9 Å². The van der Waals surface area contributed by atoms with Gasteiger partial charge in [0, 0.05) is 19.3 Å². The van der Waals surface area contributed by atoms with Crippen molar-refractivity contribution in [3.05, 3.63) is 35.4 Å². The van der Waals surface area contributed by atoms with Crippen LogP contribution in [0, 0.1) is 0 Å². The highest BCUT2D eigenvalue weighted by atomic mass is 16.5. The topological polar surface area (TPSA) is 43.4 Å². The second-order valence-corrected chi connectivity index (χ2v) is 7.90. The average molecular weight is 403 g/mol. The third-order valence-corrected chi connectivity index (χ3v) is 5.60. The molecule has 0 heterocycles. The van der Waals surface area contributed by atoms with Gasteiger partial charge in [0.2, 0.25) is 0 Å². The van der Waals surface area contributed by atoms with Crippen LogP contribution in [0.15, 0.2) is 24.3 Å². The first-order valence-electron chi connectivity index (χ1n) is 12.0. The zero-order valence-corrected chi connectivity index (χ0v) is 19.0. The van der Waals surface area contributed by atoms with Crippen LogP contribution in [0.5, 0.6) is 0 Å². The number of rotatable bonds is 5. The molecular weight excluding hydrogens is 360 g/mol. The van der Waals surface area contributed by atoms with E-state index >= 15 is 0 Å². The first kappa shape index (κ1) is 25.4. The Morgan fingerprint density at radius 2 is 1.52 bits per heavy atom. The van der Waals surface area contributed by atoms with Crippen LogP contribution in [0.2, 0.25) is 0 Å². The zero-order valence-electron chi connectivity index (χ0n) is 19.0. The Kier molecular flexibility index (Phi) is 14.2. The molecule has 3 rings (SSSR count). The number of carbonyl (C=O) groups excluding carboxylic acids is 2. The molecule has 2 aliphatic rings. The van der Waals surface area contributed by atoms with Crippen molar-refractivity contribution >= 4 is 11.8 Å². The van der Waals surface area contributed by atoms with Crippen molar-refractivity contribution in [2.24, 2.45) is 0 Å². The number of benzene rings is 1. The number of ketones is 1. The summed E-state index contributed by atoms with van der Waals surface area (Å²) in [4.78, 5) is 22.2. The third-order valence-electron chi connectivity index (χ3n) is 5.60. The number of hydrogen-bond acceptors (Lipinski definition) is 3. The molecule has 3 heteroatoms. The molecule has 2 saturated carbocycles. The van der Waals surface area contributed by atoms with Gasteiger partial charge in [-0.05, 0) is 49.1 Å². The Bertz CT molecular complexity index is 563. The maximum atomic E-state index is 11.5. The molecule has 2 aliphatic carbocycles. The second kappa shape index (κ2) is 16.2. The minimum atomic E-state index is -0.0825. The number of ether oxygens (including phenoxy) is 1. The third kappa shape index (κ3) is 10.6. The van der Waals surface area contributed by atoms with Crippen molar-refractivity contribution in [2.75, 3.05) is 0 Å². The minimum absolute atomic E-state index is 0.0825. The SMILES string of the molecule is CC.CCCC(=O)OCc1ccccc1C1CCCCC1.O=C1CCCCCC1. The Hall–Kier alpha value is -1.64. The molecule has 0 radical (unpaired) electrons. The zero-order chi connectivity index (χ0) is 21.3. The van der Waals surface area contributed by atoms with Crippen molar-refractivity contribution in [1.82, 2.24) is 0 Å². The highest BCUT2D eigenvalue weighted by molar-refractivity contribution is 5.78. The van der Waals surface area contributed by atoms with Gasteiger partial charge in [0.05, 0.1) is 0 Å². The van der Waals surface area contributed by atoms with Gasteiger partial charge < -0.3 is 4.74 Å². The normalized spacial score (nSPS) is 17.1. The summed E-state index contributed by atoms with van der Waals surface area (Å²) in [5, 5.41) is 0. The van der Waals surface area contributed by atoms with Crippen LogP contribution in [0.25, 0.3) is 0 Å². The highest BCUT2D eigenvalue weighted by Gasteiger charge is 2.18. The monoisotopic (exact) mass is 402 g/mol. The summed E-state index contributed by atoms with van der Waals surface area (Å²) in [7, 11) is 0. The second-order valence-electron chi connectivity index (χ2n) is 7.90. The molecule has 0 aromatic heterocycles. The lowest BCUT2D eigenvalue weighted by molar-refractivity contribution is -0.145. The van der Waals surface area contributed by atoms with Crippen molar-refractivity contribution in [1.29, 1.82) is 0 Å². The lowest BCUT2D eigenvalue weighted by Gasteiger charge is -2.24. The molecule has 0 spiro atoms. The molecule has 3 nitrogen and oxygen atoms in total. The molecule has 0 saturated heterocycles. The van der Waals surface area contributed by atoms with Crippen molar-refractivity contribution in [3.63, 3.8) is 0 Å². The standard InChI is InChI=1S/C17H24O2.C7H12O.C2H6/c1-2-8-17(18)19-13-15-11-6-7-12-16(15)14-9-4-3-5-10-14;8-7-5-3-1-2-4-6-7;1-2/h6-7,11-12,14H,2-5,8-10,13H2,1H3;1-6H2;1-2H3. The molecule has 164 valence electrons. The van der Waals surface area contributed by atoms with Gasteiger partial charge in [-0.25, -0.2) is 0 Å². The van der Waals surface area contributed by atoms with Crippen LogP contribution in [0.4, 0.5) is 0 Å². The fraction of sp³-hybridized carbons (Fsp3) is 0.692. The van der Waals surface area contributed by atoms with Crippen LogP contribution in [0.1, 0.15) is 121 Å². The van der Waals surface area contributed by atoms with Gasteiger partial charge in [0.15, 0.2) is 0 Å². The predicted octanol–water partition coefficient (Wildman–Crippen LogP) is 7.51. The summed E-state index contributed by atoms with van der Waals surface area (Å²) in [6, 6.07) is 8.44. The first-order chi connectivity index (χ1) is 14.2. The van der Waals surface area contributed by atoms with E-state index < -0.39 is 0 Å². The molecule has 29 heavy (non-hydrogen) atoms. The van der Waals surface area contributed by atoms with E-state index in [1.165, 1.54) is 56.1 Å². The molecule has 0 unspecified atom stereocenters. The van der Waals surface area contributed by atoms with Crippen LogP contribution in [-0.4, -0.2) is 11.8 Å². The number of carbonyl (C=O) groups is 2. The highest BCUT2D eigenvalue weighted by Crippen LogP contribution is 2.34. The maximum absolute atomic E-state index is 11.5. The summed E-state index contributed by atoms with van der Waals surface area (Å²) in [6.45, 7) is 6.43. The number of hydrogen-bond donors (Lipinski definition) is 0. The fourth-order valence-electron chi connectivity index (χ4n) is 4.03. The molecule has 0 amide bonds. The van der Waals surface area contributed by atoms with Gasteiger partial charge >= 0.3 is 5.97 Å². The number of esters is 1. The minimum Gasteiger partial charge on any atom is -0.461 e. The van der Waals surface area contributed by atoms with Gasteiger partial charge in [-0.1, -0.05) is 77.1 Å². The Morgan fingerprint density at radius 1 is 0.931 bits per heavy atom. The van der Waals surface area contributed by atoms with Gasteiger partial charge in [-0.15, -0.1) is 0 Å². The molecule has 0 bridgehead atoms. The van der Waals surface area contributed by atoms with E-state index in [2.05, 4.69) is 18.2 Å². The van der Waals surface area contributed by atoms with Crippen LogP contribution < -0.4 is 0 Å². The fourth-order valence-corrected chi connectivity index (χ4v) is 4.03. The van der Waals surface area contributed by atoms with Gasteiger partial charge in [-0.2, -0.15) is 0 Å². The van der Waals surface area contributed by atoms with E-state index in [-0.39, 0.29) is 5.97 Å². The quantitative estimate of drug-likeness (QED) is 0.378. The van der Waals surface area contributed by atoms with Gasteiger partial charge in [0.25, 0.3) is 0 Å². The average Bonchev–Trinajstić information content (AvgIpc) is 3.03. The summed E-state index contributed by atoms with van der Waals surface area (Å²) >= 11 is 0. The largest absolute Gasteiger partial charge is 0.461 e. The molecular formula is C26H42O3. The van der Waals surface area contributed by atoms with Gasteiger partial charge in [-0.3, -0.25) is 9.59 Å². The summed E-state index contributed by atoms with van der Waals surface area (Å²) in [5.41, 5.74) is 2.59. The van der Waals surface area contributed by atoms with E-state index in [0.29, 0.717) is 24.7 Å². The molecule has 0 N–H and O–H groups in total. The summed E-state index contributed by atoms with van der Waals surface area (Å²) in [5.74, 6) is 1.05. The maximum Gasteiger partial charge on any atom is 0.306 e. The lowest BCUT2D eigenvalue weighted by Crippen LogP contribution is -2.10. The predicted molar refractivity (Wildman–Crippen MR) is 121 cm³/mol.